The van der Waals surface area contributed by atoms with Crippen LogP contribution in [-0.2, 0) is 22.7 Å². The van der Waals surface area contributed by atoms with E-state index in [9.17, 15) is 14.4 Å². The molecular weight excluding hydrogens is 322 g/mol. The SMILES string of the molecule is O=C(NCc1ccncc1)C(=O)NCc1n[nH]c(=O)c2ccccc12. The highest BCUT2D eigenvalue weighted by molar-refractivity contribution is 6.35. The minimum atomic E-state index is -0.772. The van der Waals surface area contributed by atoms with Crippen LogP contribution in [0.1, 0.15) is 11.3 Å². The minimum absolute atomic E-state index is 0.0266. The van der Waals surface area contributed by atoms with Crippen LogP contribution in [0.4, 0.5) is 0 Å². The van der Waals surface area contributed by atoms with Crippen molar-refractivity contribution in [2.45, 2.75) is 13.1 Å². The molecule has 0 aliphatic rings. The van der Waals surface area contributed by atoms with Crippen LogP contribution in [-0.4, -0.2) is 27.0 Å². The van der Waals surface area contributed by atoms with E-state index in [1.165, 1.54) is 0 Å². The number of pyridine rings is 1. The summed E-state index contributed by atoms with van der Waals surface area (Å²) in [6, 6.07) is 10.4. The van der Waals surface area contributed by atoms with Crippen LogP contribution < -0.4 is 16.2 Å². The summed E-state index contributed by atoms with van der Waals surface area (Å²) in [4.78, 5) is 39.3. The monoisotopic (exact) mass is 337 g/mol. The molecular formula is C17H15N5O3. The first-order valence-corrected chi connectivity index (χ1v) is 7.56. The van der Waals surface area contributed by atoms with Gasteiger partial charge in [-0.05, 0) is 23.8 Å². The number of carbonyl (C=O) groups is 2. The quantitative estimate of drug-likeness (QED) is 0.590. The van der Waals surface area contributed by atoms with Crippen molar-refractivity contribution in [3.05, 3.63) is 70.4 Å². The molecule has 0 fully saturated rings. The van der Waals surface area contributed by atoms with E-state index in [4.69, 9.17) is 0 Å². The molecule has 3 N–H and O–H groups in total. The summed E-state index contributed by atoms with van der Waals surface area (Å²) in [5.41, 5.74) is 1.01. The van der Waals surface area contributed by atoms with Gasteiger partial charge in [-0.1, -0.05) is 18.2 Å². The molecule has 0 aliphatic heterocycles. The van der Waals surface area contributed by atoms with Crippen LogP contribution in [0, 0.1) is 0 Å². The molecule has 0 saturated heterocycles. The predicted molar refractivity (Wildman–Crippen MR) is 90.3 cm³/mol. The van der Waals surface area contributed by atoms with Gasteiger partial charge in [-0.15, -0.1) is 0 Å². The summed E-state index contributed by atoms with van der Waals surface area (Å²) in [6.45, 7) is 0.257. The molecule has 0 spiro atoms. The topological polar surface area (TPSA) is 117 Å². The van der Waals surface area contributed by atoms with Crippen molar-refractivity contribution in [3.8, 4) is 0 Å². The van der Waals surface area contributed by atoms with Crippen molar-refractivity contribution >= 4 is 22.6 Å². The summed E-state index contributed by atoms with van der Waals surface area (Å²) in [5.74, 6) is -1.52. The maximum atomic E-state index is 11.9. The number of benzene rings is 1. The van der Waals surface area contributed by atoms with E-state index in [1.807, 2.05) is 0 Å². The van der Waals surface area contributed by atoms with Gasteiger partial charge in [0.15, 0.2) is 0 Å². The van der Waals surface area contributed by atoms with Crippen LogP contribution in [0.2, 0.25) is 0 Å². The second kappa shape index (κ2) is 7.35. The molecule has 2 aromatic heterocycles. The second-order valence-electron chi connectivity index (χ2n) is 5.27. The van der Waals surface area contributed by atoms with Gasteiger partial charge in [-0.3, -0.25) is 19.4 Å². The van der Waals surface area contributed by atoms with Crippen molar-refractivity contribution in [2.75, 3.05) is 0 Å². The minimum Gasteiger partial charge on any atom is -0.344 e. The third kappa shape index (κ3) is 3.86. The van der Waals surface area contributed by atoms with Gasteiger partial charge in [0.1, 0.15) is 0 Å². The number of fused-ring (bicyclic) bond motifs is 1. The molecule has 126 valence electrons. The van der Waals surface area contributed by atoms with E-state index in [-0.39, 0.29) is 18.6 Å². The number of aromatic nitrogens is 3. The van der Waals surface area contributed by atoms with Gasteiger partial charge in [-0.25, -0.2) is 5.10 Å². The summed E-state index contributed by atoms with van der Waals surface area (Å²) >= 11 is 0. The number of amides is 2. The average molecular weight is 337 g/mol. The smallest absolute Gasteiger partial charge is 0.309 e. The van der Waals surface area contributed by atoms with Gasteiger partial charge < -0.3 is 10.6 Å². The Morgan fingerprint density at radius 1 is 0.920 bits per heavy atom. The average Bonchev–Trinajstić information content (AvgIpc) is 2.66. The third-order valence-corrected chi connectivity index (χ3v) is 3.60. The molecule has 3 rings (SSSR count). The number of H-pyrrole nitrogens is 1. The number of carbonyl (C=O) groups excluding carboxylic acids is 2. The van der Waals surface area contributed by atoms with Crippen LogP contribution in [0.15, 0.2) is 53.6 Å². The van der Waals surface area contributed by atoms with Crippen molar-refractivity contribution in [2.24, 2.45) is 0 Å². The highest BCUT2D eigenvalue weighted by Gasteiger charge is 2.14. The standard InChI is InChI=1S/C17H15N5O3/c23-15-13-4-2-1-3-12(13)14(21-22-15)10-20-17(25)16(24)19-9-11-5-7-18-8-6-11/h1-8H,9-10H2,(H,19,24)(H,20,25)(H,22,23). The van der Waals surface area contributed by atoms with E-state index < -0.39 is 11.8 Å². The lowest BCUT2D eigenvalue weighted by molar-refractivity contribution is -0.139. The van der Waals surface area contributed by atoms with E-state index in [0.717, 1.165) is 5.56 Å². The van der Waals surface area contributed by atoms with Crippen LogP contribution >= 0.6 is 0 Å². The van der Waals surface area contributed by atoms with Crippen LogP contribution in [0.5, 0.6) is 0 Å². The summed E-state index contributed by atoms with van der Waals surface area (Å²) < 4.78 is 0. The first-order chi connectivity index (χ1) is 12.1. The zero-order chi connectivity index (χ0) is 17.6. The molecule has 0 bridgehead atoms. The maximum Gasteiger partial charge on any atom is 0.309 e. The summed E-state index contributed by atoms with van der Waals surface area (Å²) in [6.07, 6.45) is 3.21. The number of aromatic amines is 1. The van der Waals surface area contributed by atoms with Gasteiger partial charge in [-0.2, -0.15) is 5.10 Å². The number of nitrogens with zero attached hydrogens (tertiary/aromatic N) is 2. The largest absolute Gasteiger partial charge is 0.344 e. The first kappa shape index (κ1) is 16.3. The van der Waals surface area contributed by atoms with E-state index >= 15 is 0 Å². The molecule has 0 radical (unpaired) electrons. The van der Waals surface area contributed by atoms with Gasteiger partial charge >= 0.3 is 11.8 Å². The molecule has 0 saturated carbocycles. The van der Waals surface area contributed by atoms with Crippen molar-refractivity contribution in [1.82, 2.24) is 25.8 Å². The molecule has 3 aromatic rings. The Kier molecular flexibility index (Phi) is 4.79. The normalized spacial score (nSPS) is 10.4. The Morgan fingerprint density at radius 3 is 2.28 bits per heavy atom. The summed E-state index contributed by atoms with van der Waals surface area (Å²) in [7, 11) is 0. The van der Waals surface area contributed by atoms with Gasteiger partial charge in [0.2, 0.25) is 0 Å². The molecule has 0 atom stereocenters. The van der Waals surface area contributed by atoms with Crippen molar-refractivity contribution in [1.29, 1.82) is 0 Å². The molecule has 8 heteroatoms. The Balaban J connectivity index is 1.62. The zero-order valence-electron chi connectivity index (χ0n) is 13.2. The Morgan fingerprint density at radius 2 is 1.56 bits per heavy atom. The van der Waals surface area contributed by atoms with Crippen LogP contribution in [0.25, 0.3) is 10.8 Å². The molecule has 0 unspecified atom stereocenters. The zero-order valence-corrected chi connectivity index (χ0v) is 13.2. The molecule has 8 nitrogen and oxygen atoms in total. The Hall–Kier alpha value is -3.55. The number of hydrogen-bond donors (Lipinski definition) is 3. The van der Waals surface area contributed by atoms with E-state index in [0.29, 0.717) is 16.5 Å². The fraction of sp³-hybridized carbons (Fsp3) is 0.118. The maximum absolute atomic E-state index is 11.9. The van der Waals surface area contributed by atoms with Crippen molar-refractivity contribution in [3.63, 3.8) is 0 Å². The number of nitrogens with one attached hydrogen (secondary N) is 3. The third-order valence-electron chi connectivity index (χ3n) is 3.60. The summed E-state index contributed by atoms with van der Waals surface area (Å²) in [5, 5.41) is 12.4. The van der Waals surface area contributed by atoms with E-state index in [2.05, 4.69) is 25.8 Å². The second-order valence-corrected chi connectivity index (χ2v) is 5.27. The lowest BCUT2D eigenvalue weighted by atomic mass is 10.1. The molecule has 25 heavy (non-hydrogen) atoms. The first-order valence-electron chi connectivity index (χ1n) is 7.56. The lowest BCUT2D eigenvalue weighted by Gasteiger charge is -2.08. The highest BCUT2D eigenvalue weighted by atomic mass is 16.2. The molecule has 2 heterocycles. The van der Waals surface area contributed by atoms with Gasteiger partial charge in [0.25, 0.3) is 5.56 Å². The molecule has 1 aromatic carbocycles. The van der Waals surface area contributed by atoms with E-state index in [1.54, 1.807) is 48.8 Å². The number of rotatable bonds is 4. The molecule has 0 aliphatic carbocycles. The van der Waals surface area contributed by atoms with Crippen molar-refractivity contribution < 1.29 is 9.59 Å². The Bertz CT molecular complexity index is 969. The highest BCUT2D eigenvalue weighted by Crippen LogP contribution is 2.11. The fourth-order valence-electron chi connectivity index (χ4n) is 2.31. The van der Waals surface area contributed by atoms with Gasteiger partial charge in [0, 0.05) is 24.3 Å². The fourth-order valence-corrected chi connectivity index (χ4v) is 2.31. The lowest BCUT2D eigenvalue weighted by Crippen LogP contribution is -2.39. The van der Waals surface area contributed by atoms with Gasteiger partial charge in [0.05, 0.1) is 17.6 Å². The predicted octanol–water partition coefficient (Wildman–Crippen LogP) is 0.251. The molecule has 2 amide bonds. The Labute approximate surface area is 142 Å². The number of hydrogen-bond acceptors (Lipinski definition) is 5. The van der Waals surface area contributed by atoms with Crippen LogP contribution in [0.3, 0.4) is 0 Å².